The molecule has 1 aromatic heterocycles. The molecule has 0 radical (unpaired) electrons. The monoisotopic (exact) mass is 178 g/mol. The van der Waals surface area contributed by atoms with Crippen molar-refractivity contribution in [2.24, 2.45) is 7.05 Å². The topological polar surface area (TPSA) is 42.3 Å². The van der Waals surface area contributed by atoms with Crippen LogP contribution >= 0.6 is 0 Å². The second-order valence-corrected chi connectivity index (χ2v) is 3.11. The van der Waals surface area contributed by atoms with Gasteiger partial charge >= 0.3 is 0 Å². The number of nitrogens with zero attached hydrogens (tertiary/aromatic N) is 2. The van der Waals surface area contributed by atoms with Crippen LogP contribution in [0.4, 0.5) is 0 Å². The first-order chi connectivity index (χ1) is 6.15. The van der Waals surface area contributed by atoms with Gasteiger partial charge in [0.25, 0.3) is 11.8 Å². The number of rotatable bonds is 1. The van der Waals surface area contributed by atoms with E-state index in [-0.39, 0.29) is 11.8 Å². The predicted octanol–water partition coefficient (Wildman–Crippen LogP) is 0.641. The van der Waals surface area contributed by atoms with E-state index in [0.717, 1.165) is 0 Å². The summed E-state index contributed by atoms with van der Waals surface area (Å²) < 4.78 is 1.73. The molecule has 0 atom stereocenters. The van der Waals surface area contributed by atoms with Gasteiger partial charge in [0.05, 0.1) is 11.1 Å². The molecule has 0 aromatic carbocycles. The Morgan fingerprint density at radius 2 is 1.62 bits per heavy atom. The summed E-state index contributed by atoms with van der Waals surface area (Å²) in [6, 6.07) is 0. The van der Waals surface area contributed by atoms with E-state index in [2.05, 4.69) is 0 Å². The number of hydrogen-bond donors (Lipinski definition) is 0. The maximum Gasteiger partial charge on any atom is 0.263 e. The Morgan fingerprint density at radius 1 is 1.15 bits per heavy atom. The zero-order chi connectivity index (χ0) is 9.59. The number of carbonyl (C=O) groups is 2. The Labute approximate surface area is 75.8 Å². The molecule has 0 saturated carbocycles. The molecule has 1 aromatic rings. The van der Waals surface area contributed by atoms with Gasteiger partial charge in [-0.1, -0.05) is 0 Å². The third kappa shape index (κ3) is 0.915. The zero-order valence-electron chi connectivity index (χ0n) is 7.57. The highest BCUT2D eigenvalue weighted by molar-refractivity contribution is 6.21. The number of fused-ring (bicyclic) bond motifs is 1. The SMILES string of the molecule is CCN1C(=O)c2cn(C)cc2C1=O. The number of imide groups is 1. The minimum Gasteiger partial charge on any atom is -0.356 e. The van der Waals surface area contributed by atoms with Crippen molar-refractivity contribution in [3.63, 3.8) is 0 Å². The van der Waals surface area contributed by atoms with Crippen molar-refractivity contribution in [3.05, 3.63) is 23.5 Å². The molecule has 4 heteroatoms. The lowest BCUT2D eigenvalue weighted by atomic mass is 10.2. The molecule has 1 aliphatic heterocycles. The minimum atomic E-state index is -0.178. The van der Waals surface area contributed by atoms with Crippen molar-refractivity contribution in [3.8, 4) is 0 Å². The second-order valence-electron chi connectivity index (χ2n) is 3.11. The molecule has 0 unspecified atom stereocenters. The number of carbonyl (C=O) groups excluding carboxylic acids is 2. The van der Waals surface area contributed by atoms with E-state index >= 15 is 0 Å². The standard InChI is InChI=1S/C9H10N2O2/c1-3-11-8(12)6-4-10(2)5-7(6)9(11)13/h4-5H,3H2,1-2H3. The van der Waals surface area contributed by atoms with E-state index in [1.807, 2.05) is 0 Å². The van der Waals surface area contributed by atoms with Crippen LogP contribution in [0, 0.1) is 0 Å². The van der Waals surface area contributed by atoms with E-state index in [9.17, 15) is 9.59 Å². The highest BCUT2D eigenvalue weighted by Gasteiger charge is 2.35. The molecule has 0 aliphatic carbocycles. The molecule has 0 N–H and O–H groups in total. The average molecular weight is 178 g/mol. The Hall–Kier alpha value is -1.58. The molecule has 0 bridgehead atoms. The van der Waals surface area contributed by atoms with Crippen molar-refractivity contribution in [2.75, 3.05) is 6.54 Å². The van der Waals surface area contributed by atoms with Crippen LogP contribution in [0.25, 0.3) is 0 Å². The maximum absolute atomic E-state index is 11.5. The van der Waals surface area contributed by atoms with Crippen LogP contribution in [-0.2, 0) is 7.05 Å². The smallest absolute Gasteiger partial charge is 0.263 e. The van der Waals surface area contributed by atoms with E-state index in [1.54, 1.807) is 30.9 Å². The van der Waals surface area contributed by atoms with Crippen molar-refractivity contribution in [2.45, 2.75) is 6.92 Å². The van der Waals surface area contributed by atoms with E-state index < -0.39 is 0 Å². The first-order valence-corrected chi connectivity index (χ1v) is 4.17. The molecule has 68 valence electrons. The Bertz CT molecular complexity index is 359. The van der Waals surface area contributed by atoms with Crippen molar-refractivity contribution < 1.29 is 9.59 Å². The highest BCUT2D eigenvalue weighted by Crippen LogP contribution is 2.22. The molecule has 0 saturated heterocycles. The summed E-state index contributed by atoms with van der Waals surface area (Å²) in [6.07, 6.45) is 3.37. The number of amides is 2. The summed E-state index contributed by atoms with van der Waals surface area (Å²) in [5, 5.41) is 0. The largest absolute Gasteiger partial charge is 0.356 e. The van der Waals surface area contributed by atoms with Crippen LogP contribution in [0.5, 0.6) is 0 Å². The van der Waals surface area contributed by atoms with Gasteiger partial charge in [-0.05, 0) is 6.92 Å². The van der Waals surface area contributed by atoms with Crippen LogP contribution in [0.2, 0.25) is 0 Å². The summed E-state index contributed by atoms with van der Waals surface area (Å²) in [7, 11) is 1.80. The maximum atomic E-state index is 11.5. The van der Waals surface area contributed by atoms with Gasteiger partial charge < -0.3 is 4.57 Å². The lowest BCUT2D eigenvalue weighted by Gasteiger charge is -2.09. The van der Waals surface area contributed by atoms with Crippen LogP contribution in [-0.4, -0.2) is 27.8 Å². The summed E-state index contributed by atoms with van der Waals surface area (Å²) >= 11 is 0. The fraction of sp³-hybridized carbons (Fsp3) is 0.333. The molecule has 13 heavy (non-hydrogen) atoms. The predicted molar refractivity (Wildman–Crippen MR) is 46.5 cm³/mol. The average Bonchev–Trinajstić information content (AvgIpc) is 2.55. The van der Waals surface area contributed by atoms with Crippen LogP contribution in [0.1, 0.15) is 27.6 Å². The lowest BCUT2D eigenvalue weighted by molar-refractivity contribution is 0.0661. The quantitative estimate of drug-likeness (QED) is 0.592. The van der Waals surface area contributed by atoms with Crippen molar-refractivity contribution >= 4 is 11.8 Å². The van der Waals surface area contributed by atoms with Gasteiger partial charge in [-0.2, -0.15) is 0 Å². The fourth-order valence-corrected chi connectivity index (χ4v) is 1.59. The third-order valence-corrected chi connectivity index (χ3v) is 2.22. The summed E-state index contributed by atoms with van der Waals surface area (Å²) in [5.74, 6) is -0.355. The van der Waals surface area contributed by atoms with Gasteiger partial charge in [0, 0.05) is 26.0 Å². The third-order valence-electron chi connectivity index (χ3n) is 2.22. The van der Waals surface area contributed by atoms with Gasteiger partial charge in [-0.25, -0.2) is 0 Å². The molecular weight excluding hydrogens is 168 g/mol. The molecular formula is C9H10N2O2. The first-order valence-electron chi connectivity index (χ1n) is 4.17. The van der Waals surface area contributed by atoms with Crippen LogP contribution in [0.15, 0.2) is 12.4 Å². The first kappa shape index (κ1) is 8.04. The highest BCUT2D eigenvalue weighted by atomic mass is 16.2. The normalized spacial score (nSPS) is 15.4. The van der Waals surface area contributed by atoms with E-state index in [1.165, 1.54) is 4.90 Å². The Kier molecular flexibility index (Phi) is 1.52. The number of aryl methyl sites for hydroxylation is 1. The Balaban J connectivity index is 2.54. The van der Waals surface area contributed by atoms with Crippen LogP contribution in [0.3, 0.4) is 0 Å². The van der Waals surface area contributed by atoms with Gasteiger partial charge in [0.2, 0.25) is 0 Å². The lowest BCUT2D eigenvalue weighted by Crippen LogP contribution is -2.29. The van der Waals surface area contributed by atoms with Gasteiger partial charge in [0.15, 0.2) is 0 Å². The minimum absolute atomic E-state index is 0.178. The molecule has 2 heterocycles. The van der Waals surface area contributed by atoms with E-state index in [4.69, 9.17) is 0 Å². The van der Waals surface area contributed by atoms with Gasteiger partial charge in [0.1, 0.15) is 0 Å². The fourth-order valence-electron chi connectivity index (χ4n) is 1.59. The summed E-state index contributed by atoms with van der Waals surface area (Å²) in [5.41, 5.74) is 1.05. The van der Waals surface area contributed by atoms with E-state index in [0.29, 0.717) is 17.7 Å². The molecule has 2 amide bonds. The summed E-state index contributed by atoms with van der Waals surface area (Å²) in [6.45, 7) is 2.23. The Morgan fingerprint density at radius 3 is 2.00 bits per heavy atom. The zero-order valence-corrected chi connectivity index (χ0v) is 7.57. The second kappa shape index (κ2) is 2.45. The molecule has 2 rings (SSSR count). The summed E-state index contributed by atoms with van der Waals surface area (Å²) in [4.78, 5) is 24.3. The molecule has 1 aliphatic rings. The number of aromatic nitrogens is 1. The van der Waals surface area contributed by atoms with Crippen LogP contribution < -0.4 is 0 Å². The number of hydrogen-bond acceptors (Lipinski definition) is 2. The molecule has 0 fully saturated rings. The van der Waals surface area contributed by atoms with Gasteiger partial charge in [-0.15, -0.1) is 0 Å². The van der Waals surface area contributed by atoms with Crippen molar-refractivity contribution in [1.82, 2.24) is 9.47 Å². The van der Waals surface area contributed by atoms with Gasteiger partial charge in [-0.3, -0.25) is 14.5 Å². The molecule has 0 spiro atoms. The molecule has 4 nitrogen and oxygen atoms in total. The van der Waals surface area contributed by atoms with Crippen molar-refractivity contribution in [1.29, 1.82) is 0 Å².